The van der Waals surface area contributed by atoms with Crippen LogP contribution in [0.3, 0.4) is 0 Å². The lowest BCUT2D eigenvalue weighted by atomic mass is 9.96. The molecule has 0 saturated heterocycles. The molecular weight excluding hydrogens is 332 g/mol. The molecule has 2 rings (SSSR count). The number of aliphatic hydroxyl groups excluding tert-OH is 1. The zero-order chi connectivity index (χ0) is 19.4. The van der Waals surface area contributed by atoms with E-state index in [4.69, 9.17) is 4.74 Å². The third-order valence-electron chi connectivity index (χ3n) is 4.40. The number of hydrogen-bond acceptors (Lipinski definition) is 5. The fourth-order valence-corrected chi connectivity index (χ4v) is 3.10. The fourth-order valence-electron chi connectivity index (χ4n) is 3.10. The standard InChI is InChI=1S/C20H28N2O4/c1-13(2)26-12-6-11-22-18(17(14(3)23)19(24)20(22)25)15-7-9-16(10-8-15)21(4)5/h7-10,13,18,24H,6,11-12H2,1-5H3. The number of nitrogens with zero attached hydrogens (tertiary/aromatic N) is 2. The van der Waals surface area contributed by atoms with Gasteiger partial charge in [-0.25, -0.2) is 0 Å². The molecule has 0 aliphatic carbocycles. The van der Waals surface area contributed by atoms with Crippen LogP contribution in [-0.4, -0.2) is 55.0 Å². The average molecular weight is 360 g/mol. The minimum Gasteiger partial charge on any atom is -0.503 e. The van der Waals surface area contributed by atoms with Gasteiger partial charge in [0.15, 0.2) is 11.5 Å². The van der Waals surface area contributed by atoms with Gasteiger partial charge in [-0.3, -0.25) is 9.59 Å². The molecule has 0 aromatic heterocycles. The second kappa shape index (κ2) is 8.36. The average Bonchev–Trinajstić information content (AvgIpc) is 2.83. The highest BCUT2D eigenvalue weighted by atomic mass is 16.5. The minimum absolute atomic E-state index is 0.123. The summed E-state index contributed by atoms with van der Waals surface area (Å²) in [5, 5.41) is 10.2. The van der Waals surface area contributed by atoms with E-state index in [0.717, 1.165) is 11.3 Å². The molecule has 1 aromatic rings. The molecule has 0 saturated carbocycles. The zero-order valence-electron chi connectivity index (χ0n) is 16.2. The summed E-state index contributed by atoms with van der Waals surface area (Å²) in [6.07, 6.45) is 0.757. The van der Waals surface area contributed by atoms with Crippen LogP contribution in [0.25, 0.3) is 0 Å². The van der Waals surface area contributed by atoms with Crippen LogP contribution in [0, 0.1) is 0 Å². The van der Waals surface area contributed by atoms with Crippen molar-refractivity contribution in [3.63, 3.8) is 0 Å². The van der Waals surface area contributed by atoms with E-state index in [1.807, 2.05) is 57.1 Å². The van der Waals surface area contributed by atoms with E-state index < -0.39 is 17.7 Å². The summed E-state index contributed by atoms with van der Waals surface area (Å²) in [5.74, 6) is -1.23. The van der Waals surface area contributed by atoms with Crippen LogP contribution in [0.5, 0.6) is 0 Å². The van der Waals surface area contributed by atoms with E-state index in [2.05, 4.69) is 0 Å². The molecule has 1 heterocycles. The van der Waals surface area contributed by atoms with Gasteiger partial charge < -0.3 is 19.6 Å². The minimum atomic E-state index is -0.560. The van der Waals surface area contributed by atoms with Crippen molar-refractivity contribution in [2.24, 2.45) is 0 Å². The van der Waals surface area contributed by atoms with Crippen molar-refractivity contribution in [2.75, 3.05) is 32.1 Å². The number of anilines is 1. The molecule has 142 valence electrons. The second-order valence-electron chi connectivity index (χ2n) is 6.98. The molecule has 1 aliphatic heterocycles. The van der Waals surface area contributed by atoms with Crippen LogP contribution in [0.15, 0.2) is 35.6 Å². The predicted molar refractivity (Wildman–Crippen MR) is 101 cm³/mol. The van der Waals surface area contributed by atoms with Gasteiger partial charge in [0.1, 0.15) is 0 Å². The lowest BCUT2D eigenvalue weighted by Gasteiger charge is -2.27. The molecule has 0 radical (unpaired) electrons. The van der Waals surface area contributed by atoms with Crippen molar-refractivity contribution in [1.29, 1.82) is 0 Å². The zero-order valence-corrected chi connectivity index (χ0v) is 16.2. The van der Waals surface area contributed by atoms with Crippen LogP contribution in [0.4, 0.5) is 5.69 Å². The molecule has 0 fully saturated rings. The normalized spacial score (nSPS) is 17.4. The molecule has 0 spiro atoms. The number of benzene rings is 1. The van der Waals surface area contributed by atoms with E-state index >= 15 is 0 Å². The molecule has 6 heteroatoms. The topological polar surface area (TPSA) is 70.1 Å². The number of ether oxygens (including phenoxy) is 1. The molecule has 0 bridgehead atoms. The van der Waals surface area contributed by atoms with Gasteiger partial charge >= 0.3 is 0 Å². The molecular formula is C20H28N2O4. The van der Waals surface area contributed by atoms with Gasteiger partial charge in [-0.1, -0.05) is 12.1 Å². The Kier molecular flexibility index (Phi) is 6.42. The third-order valence-corrected chi connectivity index (χ3v) is 4.40. The van der Waals surface area contributed by atoms with Gasteiger partial charge in [0.25, 0.3) is 5.91 Å². The lowest BCUT2D eigenvalue weighted by Crippen LogP contribution is -2.32. The molecule has 1 N–H and O–H groups in total. The summed E-state index contributed by atoms with van der Waals surface area (Å²) in [4.78, 5) is 28.2. The highest BCUT2D eigenvalue weighted by Gasteiger charge is 2.41. The Labute approximate surface area is 155 Å². The van der Waals surface area contributed by atoms with Crippen molar-refractivity contribution in [3.8, 4) is 0 Å². The van der Waals surface area contributed by atoms with Crippen LogP contribution in [0.1, 0.15) is 38.8 Å². The Morgan fingerprint density at radius 1 is 1.27 bits per heavy atom. The summed E-state index contributed by atoms with van der Waals surface area (Å²) in [6.45, 7) is 6.22. The van der Waals surface area contributed by atoms with E-state index in [1.54, 1.807) is 4.90 Å². The van der Waals surface area contributed by atoms with E-state index in [9.17, 15) is 14.7 Å². The number of amides is 1. The maximum Gasteiger partial charge on any atom is 0.290 e. The first-order chi connectivity index (χ1) is 12.2. The van der Waals surface area contributed by atoms with Gasteiger partial charge in [0, 0.05) is 32.9 Å². The van der Waals surface area contributed by atoms with Crippen LogP contribution in [-0.2, 0) is 14.3 Å². The SMILES string of the molecule is CC(=O)C1=C(O)C(=O)N(CCCOC(C)C)C1c1ccc(N(C)C)cc1. The maximum atomic E-state index is 12.5. The Morgan fingerprint density at radius 3 is 2.38 bits per heavy atom. The van der Waals surface area contributed by atoms with Crippen molar-refractivity contribution in [1.82, 2.24) is 4.90 Å². The van der Waals surface area contributed by atoms with Gasteiger partial charge in [-0.05, 0) is 44.9 Å². The van der Waals surface area contributed by atoms with Crippen molar-refractivity contribution >= 4 is 17.4 Å². The number of aliphatic hydroxyl groups is 1. The highest BCUT2D eigenvalue weighted by molar-refractivity contribution is 6.08. The quantitative estimate of drug-likeness (QED) is 0.722. The smallest absolute Gasteiger partial charge is 0.290 e. The fraction of sp³-hybridized carbons (Fsp3) is 0.500. The Balaban J connectivity index is 2.28. The first-order valence-electron chi connectivity index (χ1n) is 8.88. The maximum absolute atomic E-state index is 12.5. The molecule has 1 aliphatic rings. The highest BCUT2D eigenvalue weighted by Crippen LogP contribution is 2.38. The molecule has 6 nitrogen and oxygen atoms in total. The molecule has 26 heavy (non-hydrogen) atoms. The van der Waals surface area contributed by atoms with Gasteiger partial charge in [0.05, 0.1) is 17.7 Å². The number of ketones is 1. The summed E-state index contributed by atoms with van der Waals surface area (Å²) in [5.41, 5.74) is 1.99. The van der Waals surface area contributed by atoms with E-state index in [0.29, 0.717) is 19.6 Å². The second-order valence-corrected chi connectivity index (χ2v) is 6.98. The number of carbonyl (C=O) groups is 2. The van der Waals surface area contributed by atoms with Crippen LogP contribution in [0.2, 0.25) is 0 Å². The summed E-state index contributed by atoms with van der Waals surface area (Å²) in [7, 11) is 3.89. The number of carbonyl (C=O) groups excluding carboxylic acids is 2. The third kappa shape index (κ3) is 4.25. The number of rotatable bonds is 8. The van der Waals surface area contributed by atoms with Crippen molar-refractivity contribution in [3.05, 3.63) is 41.2 Å². The Morgan fingerprint density at radius 2 is 1.88 bits per heavy atom. The van der Waals surface area contributed by atoms with Crippen LogP contribution < -0.4 is 4.90 Å². The summed E-state index contributed by atoms with van der Waals surface area (Å²) < 4.78 is 5.53. The molecule has 1 amide bonds. The van der Waals surface area contributed by atoms with E-state index in [-0.39, 0.29) is 17.5 Å². The van der Waals surface area contributed by atoms with Crippen molar-refractivity contribution in [2.45, 2.75) is 39.3 Å². The van der Waals surface area contributed by atoms with Gasteiger partial charge in [-0.15, -0.1) is 0 Å². The molecule has 1 atom stereocenters. The molecule has 1 unspecified atom stereocenters. The Bertz CT molecular complexity index is 692. The van der Waals surface area contributed by atoms with Gasteiger partial charge in [-0.2, -0.15) is 0 Å². The largest absolute Gasteiger partial charge is 0.503 e. The van der Waals surface area contributed by atoms with E-state index in [1.165, 1.54) is 6.92 Å². The number of Topliss-reactive ketones (excluding diaryl/α,β-unsaturated/α-hetero) is 1. The van der Waals surface area contributed by atoms with Crippen molar-refractivity contribution < 1.29 is 19.4 Å². The summed E-state index contributed by atoms with van der Waals surface area (Å²) >= 11 is 0. The number of hydrogen-bond donors (Lipinski definition) is 1. The van der Waals surface area contributed by atoms with Gasteiger partial charge in [0.2, 0.25) is 0 Å². The Hall–Kier alpha value is -2.34. The lowest BCUT2D eigenvalue weighted by molar-refractivity contribution is -0.129. The first-order valence-corrected chi connectivity index (χ1v) is 8.88. The predicted octanol–water partition coefficient (Wildman–Crippen LogP) is 2.85. The monoisotopic (exact) mass is 360 g/mol. The first kappa shape index (κ1) is 20.0. The van der Waals surface area contributed by atoms with Crippen LogP contribution >= 0.6 is 0 Å². The molecule has 1 aromatic carbocycles. The summed E-state index contributed by atoms with van der Waals surface area (Å²) in [6, 6.07) is 7.11.